The van der Waals surface area contributed by atoms with Gasteiger partial charge < -0.3 is 5.11 Å². The van der Waals surface area contributed by atoms with Gasteiger partial charge in [-0.05, 0) is 37.5 Å². The van der Waals surface area contributed by atoms with Gasteiger partial charge in [-0.25, -0.2) is 0 Å². The summed E-state index contributed by atoms with van der Waals surface area (Å²) in [6.07, 6.45) is 2.52. The summed E-state index contributed by atoms with van der Waals surface area (Å²) >= 11 is 1.66. The molecule has 3 rings (SSSR count). The molecule has 1 heterocycles. The van der Waals surface area contributed by atoms with Crippen LogP contribution in [-0.2, 0) is 13.1 Å². The molecular weight excluding hydrogens is 258 g/mol. The van der Waals surface area contributed by atoms with Crippen LogP contribution in [-0.4, -0.2) is 26.2 Å². The number of nitrogens with zero attached hydrogens (tertiary/aromatic N) is 3. The summed E-state index contributed by atoms with van der Waals surface area (Å²) in [7, 11) is 0. The lowest BCUT2D eigenvalue weighted by molar-refractivity contribution is 0.244. The molecule has 1 aliphatic carbocycles. The Kier molecular flexibility index (Phi) is 3.48. The number of rotatable bonds is 5. The van der Waals surface area contributed by atoms with Crippen LogP contribution in [0.2, 0.25) is 0 Å². The zero-order valence-electron chi connectivity index (χ0n) is 10.9. The maximum Gasteiger partial charge on any atom is 0.131 e. The molecule has 0 unspecified atom stereocenters. The van der Waals surface area contributed by atoms with Crippen molar-refractivity contribution in [2.45, 2.75) is 38.9 Å². The summed E-state index contributed by atoms with van der Waals surface area (Å²) in [6, 6.07) is 8.15. The van der Waals surface area contributed by atoms with Crippen molar-refractivity contribution in [1.82, 2.24) is 15.1 Å². The number of aryl methyl sites for hydroxylation is 1. The molecule has 0 atom stereocenters. The van der Waals surface area contributed by atoms with E-state index in [1.54, 1.807) is 17.4 Å². The van der Waals surface area contributed by atoms with Crippen molar-refractivity contribution in [3.05, 3.63) is 39.8 Å². The molecule has 0 radical (unpaired) electrons. The molecule has 0 saturated heterocycles. The second kappa shape index (κ2) is 5.27. The number of benzene rings is 1. The summed E-state index contributed by atoms with van der Waals surface area (Å²) in [5.41, 5.74) is 1.15. The molecule has 1 fully saturated rings. The Morgan fingerprint density at radius 3 is 2.79 bits per heavy atom. The van der Waals surface area contributed by atoms with E-state index in [4.69, 9.17) is 0 Å². The Morgan fingerprint density at radius 1 is 1.32 bits per heavy atom. The molecular formula is C14H17N3OS. The third-order valence-electron chi connectivity index (χ3n) is 3.27. The number of hydrogen-bond donors (Lipinski definition) is 1. The molecule has 19 heavy (non-hydrogen) atoms. The van der Waals surface area contributed by atoms with Crippen LogP contribution < -0.4 is 0 Å². The Hall–Kier alpha value is -1.46. The van der Waals surface area contributed by atoms with Crippen molar-refractivity contribution in [2.75, 3.05) is 0 Å². The number of hydrogen-bond acceptors (Lipinski definition) is 5. The number of aromatic nitrogens is 2. The molecule has 4 nitrogen and oxygen atoms in total. The van der Waals surface area contributed by atoms with Crippen LogP contribution in [0.5, 0.6) is 5.75 Å². The lowest BCUT2D eigenvalue weighted by atomic mass is 10.2. The fraction of sp³-hybridized carbons (Fsp3) is 0.429. The first kappa shape index (κ1) is 12.6. The van der Waals surface area contributed by atoms with E-state index in [2.05, 4.69) is 21.2 Å². The average molecular weight is 275 g/mol. The highest BCUT2D eigenvalue weighted by molar-refractivity contribution is 7.11. The number of aromatic hydroxyl groups is 1. The molecule has 5 heteroatoms. The van der Waals surface area contributed by atoms with Gasteiger partial charge in [0.2, 0.25) is 0 Å². The maximum absolute atomic E-state index is 9.53. The highest BCUT2D eigenvalue weighted by Gasteiger charge is 2.29. The van der Waals surface area contributed by atoms with Crippen molar-refractivity contribution < 1.29 is 5.11 Å². The Balaban J connectivity index is 1.71. The van der Waals surface area contributed by atoms with Gasteiger partial charge in [-0.1, -0.05) is 12.1 Å². The molecule has 0 amide bonds. The third kappa shape index (κ3) is 3.30. The molecule has 0 spiro atoms. The third-order valence-corrected chi connectivity index (χ3v) is 4.09. The minimum atomic E-state index is 0.333. The van der Waals surface area contributed by atoms with Crippen molar-refractivity contribution in [1.29, 1.82) is 0 Å². The summed E-state index contributed by atoms with van der Waals surface area (Å²) in [6.45, 7) is 3.70. The van der Waals surface area contributed by atoms with Gasteiger partial charge in [0.15, 0.2) is 0 Å². The van der Waals surface area contributed by atoms with Crippen LogP contribution in [0, 0.1) is 6.92 Å². The first-order valence-corrected chi connectivity index (χ1v) is 7.33. The van der Waals surface area contributed by atoms with Gasteiger partial charge in [0.05, 0.1) is 6.54 Å². The Bertz CT molecular complexity index is 565. The molecule has 2 aromatic rings. The van der Waals surface area contributed by atoms with Gasteiger partial charge >= 0.3 is 0 Å². The van der Waals surface area contributed by atoms with Crippen molar-refractivity contribution >= 4 is 11.3 Å². The van der Waals surface area contributed by atoms with Crippen LogP contribution in [0.1, 0.15) is 28.4 Å². The van der Waals surface area contributed by atoms with E-state index in [1.807, 2.05) is 19.1 Å². The van der Waals surface area contributed by atoms with E-state index < -0.39 is 0 Å². The summed E-state index contributed by atoms with van der Waals surface area (Å²) in [4.78, 5) is 2.43. The van der Waals surface area contributed by atoms with Crippen LogP contribution in [0.15, 0.2) is 24.3 Å². The van der Waals surface area contributed by atoms with Crippen LogP contribution in [0.25, 0.3) is 0 Å². The van der Waals surface area contributed by atoms with E-state index in [1.165, 1.54) is 12.8 Å². The first-order valence-electron chi connectivity index (χ1n) is 6.51. The minimum absolute atomic E-state index is 0.333. The topological polar surface area (TPSA) is 49.2 Å². The van der Waals surface area contributed by atoms with E-state index in [0.29, 0.717) is 11.8 Å². The lowest BCUT2D eigenvalue weighted by Crippen LogP contribution is -2.25. The molecule has 1 aliphatic rings. The standard InChI is InChI=1S/C14H17N3OS/c1-10-15-16-14(19-10)9-17(12-5-6-12)8-11-3-2-4-13(18)7-11/h2-4,7,12,18H,5-6,8-9H2,1H3. The SMILES string of the molecule is Cc1nnc(CN(Cc2cccc(O)c2)C2CC2)s1. The molecule has 1 aromatic heterocycles. The predicted molar refractivity (Wildman–Crippen MR) is 75.0 cm³/mol. The molecule has 100 valence electrons. The first-order chi connectivity index (χ1) is 9.20. The number of phenolic OH excluding ortho intramolecular Hbond substituents is 1. The molecule has 0 bridgehead atoms. The molecule has 1 N–H and O–H groups in total. The van der Waals surface area contributed by atoms with Gasteiger partial charge in [-0.2, -0.15) is 0 Å². The second-order valence-corrected chi connectivity index (χ2v) is 6.29. The zero-order valence-corrected chi connectivity index (χ0v) is 11.7. The fourth-order valence-corrected chi connectivity index (χ4v) is 2.95. The van der Waals surface area contributed by atoms with E-state index in [-0.39, 0.29) is 0 Å². The molecule has 1 aromatic carbocycles. The zero-order chi connectivity index (χ0) is 13.2. The van der Waals surface area contributed by atoms with E-state index >= 15 is 0 Å². The van der Waals surface area contributed by atoms with Crippen LogP contribution in [0.4, 0.5) is 0 Å². The second-order valence-electron chi connectivity index (χ2n) is 5.02. The van der Waals surface area contributed by atoms with Crippen molar-refractivity contribution in [2.24, 2.45) is 0 Å². The molecule has 0 aliphatic heterocycles. The van der Waals surface area contributed by atoms with E-state index in [0.717, 1.165) is 28.7 Å². The Labute approximate surface area is 116 Å². The average Bonchev–Trinajstić information content (AvgIpc) is 3.13. The maximum atomic E-state index is 9.53. The van der Waals surface area contributed by atoms with Crippen molar-refractivity contribution in [3.8, 4) is 5.75 Å². The van der Waals surface area contributed by atoms with Gasteiger partial charge in [0, 0.05) is 12.6 Å². The summed E-state index contributed by atoms with van der Waals surface area (Å²) in [5, 5.41) is 19.9. The van der Waals surface area contributed by atoms with Crippen LogP contribution >= 0.6 is 11.3 Å². The monoisotopic (exact) mass is 275 g/mol. The smallest absolute Gasteiger partial charge is 0.131 e. The quantitative estimate of drug-likeness (QED) is 0.911. The largest absolute Gasteiger partial charge is 0.508 e. The highest BCUT2D eigenvalue weighted by Crippen LogP contribution is 2.30. The fourth-order valence-electron chi connectivity index (χ4n) is 2.22. The van der Waals surface area contributed by atoms with E-state index in [9.17, 15) is 5.11 Å². The van der Waals surface area contributed by atoms with Gasteiger partial charge in [-0.15, -0.1) is 21.5 Å². The van der Waals surface area contributed by atoms with Gasteiger partial charge in [-0.3, -0.25) is 4.90 Å². The highest BCUT2D eigenvalue weighted by atomic mass is 32.1. The normalized spacial score (nSPS) is 15.1. The lowest BCUT2D eigenvalue weighted by Gasteiger charge is -2.20. The molecule has 1 saturated carbocycles. The Morgan fingerprint density at radius 2 is 2.16 bits per heavy atom. The van der Waals surface area contributed by atoms with Gasteiger partial charge in [0.25, 0.3) is 0 Å². The predicted octanol–water partition coefficient (Wildman–Crippen LogP) is 2.72. The minimum Gasteiger partial charge on any atom is -0.508 e. The van der Waals surface area contributed by atoms with Crippen LogP contribution in [0.3, 0.4) is 0 Å². The van der Waals surface area contributed by atoms with Gasteiger partial charge in [0.1, 0.15) is 15.8 Å². The van der Waals surface area contributed by atoms with Crippen molar-refractivity contribution in [3.63, 3.8) is 0 Å². The number of phenols is 1. The summed E-state index contributed by atoms with van der Waals surface area (Å²) < 4.78 is 0. The summed E-state index contributed by atoms with van der Waals surface area (Å²) in [5.74, 6) is 0.333.